The molecule has 4 heterocycles. The lowest BCUT2D eigenvalue weighted by molar-refractivity contribution is 0.333. The van der Waals surface area contributed by atoms with Crippen molar-refractivity contribution < 1.29 is 0 Å². The Morgan fingerprint density at radius 2 is 1.73 bits per heavy atom. The Bertz CT molecular complexity index is 1280. The van der Waals surface area contributed by atoms with Gasteiger partial charge in [0.1, 0.15) is 5.52 Å². The first-order chi connectivity index (χ1) is 14.2. The molecule has 0 fully saturated rings. The van der Waals surface area contributed by atoms with Gasteiger partial charge in [0.05, 0.1) is 30.0 Å². The lowest BCUT2D eigenvalue weighted by Gasteiger charge is -2.31. The summed E-state index contributed by atoms with van der Waals surface area (Å²) in [7, 11) is 0. The number of anilines is 1. The topological polar surface area (TPSA) is 106 Å². The first-order valence-corrected chi connectivity index (χ1v) is 10.1. The summed E-state index contributed by atoms with van der Waals surface area (Å²) in [6.45, 7) is 13.3. The summed E-state index contributed by atoms with van der Waals surface area (Å²) in [4.78, 5) is 32.5. The van der Waals surface area contributed by atoms with Crippen LogP contribution in [0, 0.1) is 6.92 Å². The molecule has 2 N–H and O–H groups in total. The third kappa shape index (κ3) is 3.14. The second-order valence-corrected chi connectivity index (χ2v) is 8.99. The van der Waals surface area contributed by atoms with E-state index in [1.165, 1.54) is 6.33 Å². The molecule has 1 atom stereocenters. The van der Waals surface area contributed by atoms with Crippen molar-refractivity contribution in [1.29, 1.82) is 0 Å². The van der Waals surface area contributed by atoms with Crippen LogP contribution in [0.5, 0.6) is 0 Å². The lowest BCUT2D eigenvalue weighted by atomic mass is 9.98. The van der Waals surface area contributed by atoms with E-state index >= 15 is 0 Å². The molecule has 0 saturated carbocycles. The van der Waals surface area contributed by atoms with Crippen LogP contribution in [0.4, 0.5) is 5.82 Å². The van der Waals surface area contributed by atoms with Crippen LogP contribution >= 0.6 is 0 Å². The molecule has 4 aromatic heterocycles. The van der Waals surface area contributed by atoms with Gasteiger partial charge in [-0.15, -0.1) is 0 Å². The van der Waals surface area contributed by atoms with Gasteiger partial charge in [-0.25, -0.2) is 19.9 Å². The third-order valence-electron chi connectivity index (χ3n) is 5.80. The van der Waals surface area contributed by atoms with E-state index in [0.717, 1.165) is 28.8 Å². The molecule has 0 aliphatic carbocycles. The van der Waals surface area contributed by atoms with Gasteiger partial charge in [-0.05, 0) is 46.6 Å². The number of nitrogens with one attached hydrogen (secondary N) is 2. The van der Waals surface area contributed by atoms with Crippen molar-refractivity contribution in [1.82, 2.24) is 34.1 Å². The Kier molecular flexibility index (Phi) is 4.63. The van der Waals surface area contributed by atoms with Crippen LogP contribution in [0.3, 0.4) is 0 Å². The number of aromatic amines is 1. The largest absolute Gasteiger partial charge is 0.366 e. The summed E-state index contributed by atoms with van der Waals surface area (Å²) >= 11 is 0. The van der Waals surface area contributed by atoms with Crippen LogP contribution in [-0.2, 0) is 11.1 Å². The molecule has 4 aromatic rings. The van der Waals surface area contributed by atoms with Gasteiger partial charge in [0, 0.05) is 18.3 Å². The van der Waals surface area contributed by atoms with Gasteiger partial charge in [-0.3, -0.25) is 4.79 Å². The molecule has 4 rings (SSSR count). The number of pyridine rings is 1. The fourth-order valence-corrected chi connectivity index (χ4v) is 3.72. The molecule has 158 valence electrons. The van der Waals surface area contributed by atoms with Gasteiger partial charge < -0.3 is 19.4 Å². The van der Waals surface area contributed by atoms with Crippen LogP contribution in [0.2, 0.25) is 0 Å². The van der Waals surface area contributed by atoms with Crippen LogP contribution < -0.4 is 10.9 Å². The number of nitrogens with zero attached hydrogens (tertiary/aromatic N) is 6. The highest BCUT2D eigenvalue weighted by molar-refractivity contribution is 5.88. The fourth-order valence-electron chi connectivity index (χ4n) is 3.72. The monoisotopic (exact) mass is 408 g/mol. The summed E-state index contributed by atoms with van der Waals surface area (Å²) in [5.74, 6) is 0.744. The maximum Gasteiger partial charge on any atom is 0.278 e. The van der Waals surface area contributed by atoms with Gasteiger partial charge >= 0.3 is 0 Å². The normalized spacial score (nSPS) is 14.3. The Morgan fingerprint density at radius 3 is 2.43 bits per heavy atom. The minimum Gasteiger partial charge on any atom is -0.366 e. The molecule has 30 heavy (non-hydrogen) atoms. The van der Waals surface area contributed by atoms with Crippen molar-refractivity contribution in [3.05, 3.63) is 41.1 Å². The summed E-state index contributed by atoms with van der Waals surface area (Å²) < 4.78 is 4.15. The Labute approximate surface area is 174 Å². The zero-order valence-corrected chi connectivity index (χ0v) is 18.3. The standard InChI is InChI=1S/C21H28N8O/c1-7-21(6,29-12-27-15-18(29)24-10-25-19(15)30)9-23-17-14-16(13(2)8-22-17)28(11-26-14)20(3,4)5/h8,10-12H,7,9H2,1-6H3,(H,22,23)(H,24,25,30). The minimum absolute atomic E-state index is 0.0789. The number of H-pyrrole nitrogens is 1. The van der Waals surface area contributed by atoms with Gasteiger partial charge in [-0.2, -0.15) is 0 Å². The smallest absolute Gasteiger partial charge is 0.278 e. The zero-order valence-electron chi connectivity index (χ0n) is 18.3. The van der Waals surface area contributed by atoms with E-state index in [-0.39, 0.29) is 16.6 Å². The number of hydrogen-bond acceptors (Lipinski definition) is 6. The number of rotatable bonds is 5. The average molecular weight is 409 g/mol. The van der Waals surface area contributed by atoms with Crippen molar-refractivity contribution in [2.75, 3.05) is 11.9 Å². The maximum atomic E-state index is 12.0. The molecule has 9 nitrogen and oxygen atoms in total. The van der Waals surface area contributed by atoms with E-state index in [4.69, 9.17) is 0 Å². The molecule has 1 unspecified atom stereocenters. The Hall–Kier alpha value is -3.23. The Morgan fingerprint density at radius 1 is 1.03 bits per heavy atom. The van der Waals surface area contributed by atoms with E-state index in [1.54, 1.807) is 6.33 Å². The lowest BCUT2D eigenvalue weighted by Crippen LogP contribution is -2.37. The first kappa shape index (κ1) is 20.1. The molecule has 0 saturated heterocycles. The zero-order chi connectivity index (χ0) is 21.7. The van der Waals surface area contributed by atoms with Crippen molar-refractivity contribution in [3.63, 3.8) is 0 Å². The van der Waals surface area contributed by atoms with Crippen molar-refractivity contribution >= 4 is 28.0 Å². The van der Waals surface area contributed by atoms with E-state index in [2.05, 4.69) is 76.3 Å². The quantitative estimate of drug-likeness (QED) is 0.525. The van der Waals surface area contributed by atoms with Crippen molar-refractivity contribution in [2.24, 2.45) is 0 Å². The molecule has 9 heteroatoms. The average Bonchev–Trinajstić information content (AvgIpc) is 3.33. The van der Waals surface area contributed by atoms with E-state index in [9.17, 15) is 4.79 Å². The summed E-state index contributed by atoms with van der Waals surface area (Å²) in [5, 5.41) is 3.49. The number of aryl methyl sites for hydroxylation is 1. The molecular weight excluding hydrogens is 380 g/mol. The fraction of sp³-hybridized carbons (Fsp3) is 0.476. The predicted molar refractivity (Wildman–Crippen MR) is 118 cm³/mol. The molecule has 0 spiro atoms. The third-order valence-corrected chi connectivity index (χ3v) is 5.80. The maximum absolute atomic E-state index is 12.0. The first-order valence-electron chi connectivity index (χ1n) is 10.1. The van der Waals surface area contributed by atoms with Gasteiger partial charge in [0.2, 0.25) is 0 Å². The summed E-state index contributed by atoms with van der Waals surface area (Å²) in [6.07, 6.45) is 7.67. The number of aromatic nitrogens is 7. The Balaban J connectivity index is 1.72. The molecule has 0 amide bonds. The minimum atomic E-state index is -0.360. The molecular formula is C21H28N8O. The summed E-state index contributed by atoms with van der Waals surface area (Å²) in [6, 6.07) is 0. The van der Waals surface area contributed by atoms with Crippen LogP contribution in [0.25, 0.3) is 22.2 Å². The van der Waals surface area contributed by atoms with Crippen molar-refractivity contribution in [2.45, 2.75) is 59.0 Å². The van der Waals surface area contributed by atoms with Gasteiger partial charge in [-0.1, -0.05) is 6.92 Å². The second kappa shape index (κ2) is 6.93. The number of fused-ring (bicyclic) bond motifs is 2. The van der Waals surface area contributed by atoms with Crippen LogP contribution in [-0.4, -0.2) is 40.6 Å². The molecule has 0 radical (unpaired) electrons. The number of hydrogen-bond donors (Lipinski definition) is 2. The summed E-state index contributed by atoms with van der Waals surface area (Å²) in [5.41, 5.74) is 3.27. The SMILES string of the molecule is CCC(C)(CNc1ncc(C)c2c1ncn2C(C)(C)C)n1cnc2c(=O)[nH]cnc21. The van der Waals surface area contributed by atoms with Crippen LogP contribution in [0.15, 0.2) is 30.0 Å². The molecule has 0 aliphatic rings. The van der Waals surface area contributed by atoms with Crippen molar-refractivity contribution in [3.8, 4) is 0 Å². The van der Waals surface area contributed by atoms with Crippen LogP contribution in [0.1, 0.15) is 46.6 Å². The highest BCUT2D eigenvalue weighted by Crippen LogP contribution is 2.30. The predicted octanol–water partition coefficient (Wildman–Crippen LogP) is 3.17. The van der Waals surface area contributed by atoms with E-state index < -0.39 is 0 Å². The number of imidazole rings is 2. The molecule has 0 bridgehead atoms. The molecule has 0 aromatic carbocycles. The second-order valence-electron chi connectivity index (χ2n) is 8.99. The highest BCUT2D eigenvalue weighted by atomic mass is 16.1. The van der Waals surface area contributed by atoms with Gasteiger partial charge in [0.25, 0.3) is 5.56 Å². The van der Waals surface area contributed by atoms with E-state index in [0.29, 0.717) is 17.7 Å². The van der Waals surface area contributed by atoms with Gasteiger partial charge in [0.15, 0.2) is 17.0 Å². The van der Waals surface area contributed by atoms with E-state index in [1.807, 2.05) is 17.1 Å². The highest BCUT2D eigenvalue weighted by Gasteiger charge is 2.28. The molecule has 0 aliphatic heterocycles.